The number of amides is 3. The highest BCUT2D eigenvalue weighted by atomic mass is 16.5. The van der Waals surface area contributed by atoms with Crippen LogP contribution in [0.3, 0.4) is 0 Å². The van der Waals surface area contributed by atoms with Crippen LogP contribution >= 0.6 is 0 Å². The lowest BCUT2D eigenvalue weighted by molar-refractivity contribution is 0.0363. The molecule has 1 heterocycles. The lowest BCUT2D eigenvalue weighted by Gasteiger charge is -2.37. The van der Waals surface area contributed by atoms with Crippen molar-refractivity contribution in [2.24, 2.45) is 5.92 Å². The van der Waals surface area contributed by atoms with Crippen molar-refractivity contribution in [2.45, 2.75) is 64.1 Å². The number of carbonyl (C=O) groups is 2. The Kier molecular flexibility index (Phi) is 8.37. The fourth-order valence-corrected chi connectivity index (χ4v) is 4.48. The number of hydrogen-bond donors (Lipinski definition) is 3. The van der Waals surface area contributed by atoms with Crippen molar-refractivity contribution in [2.75, 3.05) is 39.1 Å². The quantitative estimate of drug-likeness (QED) is 0.625. The van der Waals surface area contributed by atoms with Gasteiger partial charge in [0.25, 0.3) is 5.91 Å². The lowest BCUT2D eigenvalue weighted by atomic mass is 9.96. The second kappa shape index (κ2) is 11.0. The van der Waals surface area contributed by atoms with E-state index in [-0.39, 0.29) is 42.7 Å². The first kappa shape index (κ1) is 24.3. The van der Waals surface area contributed by atoms with Gasteiger partial charge in [0.05, 0.1) is 18.2 Å². The van der Waals surface area contributed by atoms with E-state index in [0.717, 1.165) is 25.7 Å². The Balaban J connectivity index is 1.84. The Morgan fingerprint density at radius 3 is 2.66 bits per heavy atom. The van der Waals surface area contributed by atoms with Gasteiger partial charge in [-0.15, -0.1) is 0 Å². The molecule has 1 saturated carbocycles. The molecular weight excluding hydrogens is 408 g/mol. The normalized spacial score (nSPS) is 23.1. The van der Waals surface area contributed by atoms with Gasteiger partial charge < -0.3 is 30.3 Å². The van der Waals surface area contributed by atoms with Gasteiger partial charge in [-0.3, -0.25) is 4.79 Å². The molecule has 0 saturated heterocycles. The third-order valence-electron chi connectivity index (χ3n) is 6.41. The Bertz CT molecular complexity index is 794. The monoisotopic (exact) mass is 446 g/mol. The van der Waals surface area contributed by atoms with Crippen molar-refractivity contribution in [3.05, 3.63) is 23.8 Å². The minimum atomic E-state index is -0.317. The summed E-state index contributed by atoms with van der Waals surface area (Å²) in [5.74, 6) is 0.386. The number of aliphatic hydroxyl groups is 1. The molecule has 0 radical (unpaired) electrons. The fraction of sp³-hybridized carbons (Fsp3) is 0.667. The van der Waals surface area contributed by atoms with E-state index >= 15 is 0 Å². The number of likely N-dealkylation sites (N-methyl/N-ethyl adjacent to an activating group) is 1. The molecule has 3 amide bonds. The summed E-state index contributed by atoms with van der Waals surface area (Å²) in [4.78, 5) is 29.7. The highest BCUT2D eigenvalue weighted by Crippen LogP contribution is 2.30. The highest BCUT2D eigenvalue weighted by molar-refractivity contribution is 5.99. The van der Waals surface area contributed by atoms with Gasteiger partial charge in [0.1, 0.15) is 11.9 Å². The summed E-state index contributed by atoms with van der Waals surface area (Å²) in [6, 6.07) is 4.83. The molecule has 3 rings (SSSR count). The van der Waals surface area contributed by atoms with Gasteiger partial charge in [0.15, 0.2) is 0 Å². The van der Waals surface area contributed by atoms with Crippen molar-refractivity contribution in [1.82, 2.24) is 15.1 Å². The number of ether oxygens (including phenoxy) is 1. The molecule has 1 aromatic carbocycles. The summed E-state index contributed by atoms with van der Waals surface area (Å²) < 4.78 is 6.29. The molecule has 8 nitrogen and oxygen atoms in total. The van der Waals surface area contributed by atoms with Gasteiger partial charge >= 0.3 is 6.03 Å². The average molecular weight is 447 g/mol. The van der Waals surface area contributed by atoms with Crippen molar-refractivity contribution < 1.29 is 19.4 Å². The van der Waals surface area contributed by atoms with Crippen LogP contribution in [-0.2, 0) is 0 Å². The first-order valence-electron chi connectivity index (χ1n) is 11.7. The Morgan fingerprint density at radius 1 is 1.28 bits per heavy atom. The number of nitrogens with one attached hydrogen (secondary N) is 2. The zero-order chi connectivity index (χ0) is 23.3. The number of fused-ring (bicyclic) bond motifs is 1. The van der Waals surface area contributed by atoms with Crippen LogP contribution < -0.4 is 15.4 Å². The molecule has 178 valence electrons. The first-order chi connectivity index (χ1) is 15.3. The minimum Gasteiger partial charge on any atom is -0.488 e. The number of anilines is 1. The van der Waals surface area contributed by atoms with Crippen LogP contribution in [0.4, 0.5) is 10.5 Å². The van der Waals surface area contributed by atoms with Gasteiger partial charge in [-0.25, -0.2) is 4.79 Å². The second-order valence-electron chi connectivity index (χ2n) is 9.53. The molecule has 1 aromatic rings. The van der Waals surface area contributed by atoms with Crippen LogP contribution in [0.2, 0.25) is 0 Å². The summed E-state index contributed by atoms with van der Waals surface area (Å²) in [6.07, 6.45) is 5.40. The maximum absolute atomic E-state index is 13.4. The molecule has 1 aliphatic carbocycles. The van der Waals surface area contributed by atoms with E-state index in [9.17, 15) is 14.7 Å². The third-order valence-corrected chi connectivity index (χ3v) is 6.41. The fourth-order valence-electron chi connectivity index (χ4n) is 4.48. The third kappa shape index (κ3) is 6.13. The molecule has 0 aromatic heterocycles. The van der Waals surface area contributed by atoms with E-state index in [1.165, 1.54) is 6.42 Å². The summed E-state index contributed by atoms with van der Waals surface area (Å²) in [5, 5.41) is 15.7. The van der Waals surface area contributed by atoms with Crippen molar-refractivity contribution in [3.63, 3.8) is 0 Å². The molecule has 32 heavy (non-hydrogen) atoms. The molecular formula is C24H38N4O4. The summed E-state index contributed by atoms with van der Waals surface area (Å²) in [5.41, 5.74) is 0.944. The molecule has 0 spiro atoms. The van der Waals surface area contributed by atoms with Gasteiger partial charge in [0.2, 0.25) is 0 Å². The van der Waals surface area contributed by atoms with Gasteiger partial charge in [-0.05, 0) is 52.1 Å². The lowest BCUT2D eigenvalue weighted by Crippen LogP contribution is -2.49. The van der Waals surface area contributed by atoms with Crippen molar-refractivity contribution in [3.8, 4) is 5.75 Å². The number of rotatable bonds is 6. The van der Waals surface area contributed by atoms with Crippen LogP contribution in [0.5, 0.6) is 5.75 Å². The molecule has 0 bridgehead atoms. The molecule has 3 atom stereocenters. The summed E-state index contributed by atoms with van der Waals surface area (Å²) >= 11 is 0. The standard InChI is InChI=1S/C24H38N4O4/c1-16-13-28(17(2)15-29)23(30)20-12-19(10-11-21(20)32-22(16)14-27(3)4)26-24(31)25-18-8-6-5-7-9-18/h10-12,16-18,22,29H,5-9,13-15H2,1-4H3,(H2,25,26,31)/t16-,17-,22+/m0/s1. The van der Waals surface area contributed by atoms with E-state index in [0.29, 0.717) is 30.1 Å². The average Bonchev–Trinajstić information content (AvgIpc) is 2.76. The number of nitrogens with zero attached hydrogens (tertiary/aromatic N) is 2. The zero-order valence-electron chi connectivity index (χ0n) is 19.8. The van der Waals surface area contributed by atoms with Gasteiger partial charge in [-0.1, -0.05) is 26.2 Å². The Labute approximate surface area is 191 Å². The number of hydrogen-bond acceptors (Lipinski definition) is 5. The van der Waals surface area contributed by atoms with Crippen LogP contribution in [0.1, 0.15) is 56.3 Å². The Morgan fingerprint density at radius 2 is 2.00 bits per heavy atom. The number of carbonyl (C=O) groups excluding carboxylic acids is 2. The second-order valence-corrected chi connectivity index (χ2v) is 9.53. The molecule has 2 aliphatic rings. The molecule has 0 unspecified atom stereocenters. The SMILES string of the molecule is C[C@H]1CN([C@@H](C)CO)C(=O)c2cc(NC(=O)NC3CCCCC3)ccc2O[C@@H]1CN(C)C. The number of aliphatic hydroxyl groups excluding tert-OH is 1. The summed E-state index contributed by atoms with van der Waals surface area (Å²) in [6.45, 7) is 4.98. The largest absolute Gasteiger partial charge is 0.488 e. The van der Waals surface area contributed by atoms with Gasteiger partial charge in [0, 0.05) is 30.7 Å². The molecule has 3 N–H and O–H groups in total. The van der Waals surface area contributed by atoms with Crippen LogP contribution in [0.25, 0.3) is 0 Å². The van der Waals surface area contributed by atoms with E-state index < -0.39 is 0 Å². The molecule has 1 fully saturated rings. The maximum Gasteiger partial charge on any atom is 0.319 e. The topological polar surface area (TPSA) is 94.1 Å². The summed E-state index contributed by atoms with van der Waals surface area (Å²) in [7, 11) is 3.99. The molecule has 8 heteroatoms. The maximum atomic E-state index is 13.4. The molecule has 1 aliphatic heterocycles. The number of urea groups is 1. The Hall–Kier alpha value is -2.32. The highest BCUT2D eigenvalue weighted by Gasteiger charge is 2.33. The van der Waals surface area contributed by atoms with E-state index in [4.69, 9.17) is 4.74 Å². The predicted molar refractivity (Wildman–Crippen MR) is 125 cm³/mol. The van der Waals surface area contributed by atoms with E-state index in [1.807, 2.05) is 21.0 Å². The van der Waals surface area contributed by atoms with E-state index in [1.54, 1.807) is 23.1 Å². The smallest absolute Gasteiger partial charge is 0.319 e. The number of benzene rings is 1. The van der Waals surface area contributed by atoms with E-state index in [2.05, 4.69) is 22.5 Å². The predicted octanol–water partition coefficient (Wildman–Crippen LogP) is 2.92. The van der Waals surface area contributed by atoms with Crippen LogP contribution in [0.15, 0.2) is 18.2 Å². The van der Waals surface area contributed by atoms with Crippen molar-refractivity contribution in [1.29, 1.82) is 0 Å². The van der Waals surface area contributed by atoms with Crippen LogP contribution in [0, 0.1) is 5.92 Å². The minimum absolute atomic E-state index is 0.0857. The van der Waals surface area contributed by atoms with Gasteiger partial charge in [-0.2, -0.15) is 0 Å². The van der Waals surface area contributed by atoms with Crippen LogP contribution in [-0.4, -0.2) is 78.8 Å². The zero-order valence-corrected chi connectivity index (χ0v) is 19.8. The first-order valence-corrected chi connectivity index (χ1v) is 11.7. The van der Waals surface area contributed by atoms with Crippen molar-refractivity contribution >= 4 is 17.6 Å².